The molecule has 0 saturated carbocycles. The topological polar surface area (TPSA) is 39.2 Å². The molecule has 1 aromatic heterocycles. The monoisotopic (exact) mass is 263 g/mol. The van der Waals surface area contributed by atoms with Crippen LogP contribution in [0.4, 0.5) is 0 Å². The van der Waals surface area contributed by atoms with Crippen LogP contribution < -0.4 is 4.74 Å². The van der Waals surface area contributed by atoms with Gasteiger partial charge in [-0.1, -0.05) is 24.3 Å². The van der Waals surface area contributed by atoms with Crippen molar-refractivity contribution in [2.45, 2.75) is 6.92 Å². The van der Waals surface area contributed by atoms with Crippen LogP contribution in [-0.2, 0) is 0 Å². The summed E-state index contributed by atoms with van der Waals surface area (Å²) in [7, 11) is 0. The molecular formula is C17H13NO2. The first-order chi connectivity index (χ1) is 9.79. The first-order valence-electron chi connectivity index (χ1n) is 6.36. The van der Waals surface area contributed by atoms with Crippen molar-refractivity contribution in [2.75, 3.05) is 0 Å². The molecule has 0 aliphatic carbocycles. The maximum Gasteiger partial charge on any atom is 0.150 e. The van der Waals surface area contributed by atoms with Crippen LogP contribution in [0.1, 0.15) is 15.9 Å². The van der Waals surface area contributed by atoms with E-state index in [1.165, 1.54) is 0 Å². The Morgan fingerprint density at radius 2 is 1.85 bits per heavy atom. The summed E-state index contributed by atoms with van der Waals surface area (Å²) < 4.78 is 5.97. The van der Waals surface area contributed by atoms with Crippen LogP contribution in [0.3, 0.4) is 0 Å². The van der Waals surface area contributed by atoms with Crippen LogP contribution in [0.2, 0.25) is 0 Å². The van der Waals surface area contributed by atoms with Gasteiger partial charge in [-0.2, -0.15) is 0 Å². The second-order valence-corrected chi connectivity index (χ2v) is 4.52. The number of aromatic nitrogens is 1. The lowest BCUT2D eigenvalue weighted by molar-refractivity contribution is 0.112. The molecule has 0 amide bonds. The van der Waals surface area contributed by atoms with Gasteiger partial charge in [0.05, 0.1) is 5.52 Å². The van der Waals surface area contributed by atoms with Crippen molar-refractivity contribution in [2.24, 2.45) is 0 Å². The fourth-order valence-corrected chi connectivity index (χ4v) is 2.15. The van der Waals surface area contributed by atoms with E-state index >= 15 is 0 Å². The number of carbonyl (C=O) groups is 1. The number of aldehydes is 1. The molecule has 0 aliphatic rings. The first-order valence-corrected chi connectivity index (χ1v) is 6.36. The van der Waals surface area contributed by atoms with Crippen LogP contribution in [0.5, 0.6) is 11.5 Å². The highest BCUT2D eigenvalue weighted by Crippen LogP contribution is 2.31. The average molecular weight is 263 g/mol. The lowest BCUT2D eigenvalue weighted by Gasteiger charge is -2.11. The second kappa shape index (κ2) is 5.13. The Kier molecular flexibility index (Phi) is 3.17. The van der Waals surface area contributed by atoms with Crippen molar-refractivity contribution in [1.82, 2.24) is 4.98 Å². The molecule has 0 unspecified atom stereocenters. The molecule has 1 heterocycles. The van der Waals surface area contributed by atoms with Crippen LogP contribution in [0, 0.1) is 6.92 Å². The summed E-state index contributed by atoms with van der Waals surface area (Å²) in [6.07, 6.45) is 2.56. The normalized spacial score (nSPS) is 10.4. The molecule has 0 N–H and O–H groups in total. The van der Waals surface area contributed by atoms with E-state index in [2.05, 4.69) is 4.98 Å². The minimum absolute atomic E-state index is 0.640. The summed E-state index contributed by atoms with van der Waals surface area (Å²) in [5, 5.41) is 0.950. The summed E-state index contributed by atoms with van der Waals surface area (Å²) in [6.45, 7) is 1.88. The molecule has 20 heavy (non-hydrogen) atoms. The highest BCUT2D eigenvalue weighted by Gasteiger charge is 2.08. The number of hydrogen-bond acceptors (Lipinski definition) is 3. The fourth-order valence-electron chi connectivity index (χ4n) is 2.15. The number of hydrogen-bond donors (Lipinski definition) is 0. The molecule has 0 bridgehead atoms. The zero-order valence-corrected chi connectivity index (χ0v) is 11.0. The van der Waals surface area contributed by atoms with E-state index in [-0.39, 0.29) is 0 Å². The zero-order valence-electron chi connectivity index (χ0n) is 11.0. The van der Waals surface area contributed by atoms with E-state index in [9.17, 15) is 4.79 Å². The molecule has 98 valence electrons. The van der Waals surface area contributed by atoms with Crippen molar-refractivity contribution < 1.29 is 9.53 Å². The third-order valence-electron chi connectivity index (χ3n) is 3.28. The van der Waals surface area contributed by atoms with E-state index in [1.54, 1.807) is 12.3 Å². The molecule has 3 rings (SSSR count). The Labute approximate surface area is 116 Å². The summed E-state index contributed by atoms with van der Waals surface area (Å²) in [6, 6.07) is 15.1. The average Bonchev–Trinajstić information content (AvgIpc) is 2.50. The molecule has 3 aromatic rings. The fraction of sp³-hybridized carbons (Fsp3) is 0.0588. The van der Waals surface area contributed by atoms with Crippen molar-refractivity contribution in [1.29, 1.82) is 0 Å². The van der Waals surface area contributed by atoms with Gasteiger partial charge in [0.25, 0.3) is 0 Å². The van der Waals surface area contributed by atoms with E-state index in [4.69, 9.17) is 4.74 Å². The minimum atomic E-state index is 0.640. The van der Waals surface area contributed by atoms with Gasteiger partial charge in [0.2, 0.25) is 0 Å². The molecule has 0 spiro atoms. The van der Waals surface area contributed by atoms with Crippen molar-refractivity contribution in [3.8, 4) is 11.5 Å². The van der Waals surface area contributed by atoms with Gasteiger partial charge in [-0.25, -0.2) is 0 Å². The standard InChI is InChI=1S/C17H13NO2/c1-12-13(11-19)5-4-8-16(12)20-17-9-10-18-15-7-3-2-6-14(15)17/h2-11H,1H3. The Balaban J connectivity index is 2.08. The first kappa shape index (κ1) is 12.4. The molecule has 3 heteroatoms. The third-order valence-corrected chi connectivity index (χ3v) is 3.28. The lowest BCUT2D eigenvalue weighted by Crippen LogP contribution is -1.93. The number of carbonyl (C=O) groups excluding carboxylic acids is 1. The lowest BCUT2D eigenvalue weighted by atomic mass is 10.1. The molecular weight excluding hydrogens is 250 g/mol. The number of benzene rings is 2. The minimum Gasteiger partial charge on any atom is -0.456 e. The quantitative estimate of drug-likeness (QED) is 0.666. The van der Waals surface area contributed by atoms with E-state index in [0.717, 1.165) is 28.5 Å². The molecule has 2 aromatic carbocycles. The molecule has 3 nitrogen and oxygen atoms in total. The van der Waals surface area contributed by atoms with Crippen molar-refractivity contribution in [3.63, 3.8) is 0 Å². The highest BCUT2D eigenvalue weighted by molar-refractivity contribution is 5.85. The number of fused-ring (bicyclic) bond motifs is 1. The highest BCUT2D eigenvalue weighted by atomic mass is 16.5. The third kappa shape index (κ3) is 2.14. The van der Waals surface area contributed by atoms with Gasteiger partial charge in [0.1, 0.15) is 17.8 Å². The maximum absolute atomic E-state index is 11.0. The number of para-hydroxylation sites is 1. The number of nitrogens with zero attached hydrogens (tertiary/aromatic N) is 1. The van der Waals surface area contributed by atoms with Crippen LogP contribution in [-0.4, -0.2) is 11.3 Å². The summed E-state index contributed by atoms with van der Waals surface area (Å²) >= 11 is 0. The largest absolute Gasteiger partial charge is 0.456 e. The molecule has 0 saturated heterocycles. The number of ether oxygens (including phenoxy) is 1. The Bertz CT molecular complexity index is 776. The maximum atomic E-state index is 11.0. The van der Waals surface area contributed by atoms with Gasteiger partial charge in [0.15, 0.2) is 0 Å². The smallest absolute Gasteiger partial charge is 0.150 e. The van der Waals surface area contributed by atoms with Gasteiger partial charge in [-0.15, -0.1) is 0 Å². The van der Waals surface area contributed by atoms with Crippen LogP contribution >= 0.6 is 0 Å². The molecule has 0 aliphatic heterocycles. The Morgan fingerprint density at radius 3 is 2.70 bits per heavy atom. The van der Waals surface area contributed by atoms with Gasteiger partial charge in [0, 0.05) is 22.7 Å². The Morgan fingerprint density at radius 1 is 1.00 bits per heavy atom. The Hall–Kier alpha value is -2.68. The second-order valence-electron chi connectivity index (χ2n) is 4.52. The van der Waals surface area contributed by atoms with E-state index in [1.807, 2.05) is 49.4 Å². The van der Waals surface area contributed by atoms with Gasteiger partial charge >= 0.3 is 0 Å². The SMILES string of the molecule is Cc1c(C=O)cccc1Oc1ccnc2ccccc12. The van der Waals surface area contributed by atoms with E-state index < -0.39 is 0 Å². The zero-order chi connectivity index (χ0) is 13.9. The number of rotatable bonds is 3. The van der Waals surface area contributed by atoms with Crippen LogP contribution in [0.25, 0.3) is 10.9 Å². The molecule has 0 atom stereocenters. The molecule has 0 fully saturated rings. The predicted molar refractivity (Wildman–Crippen MR) is 78.4 cm³/mol. The van der Waals surface area contributed by atoms with Crippen molar-refractivity contribution >= 4 is 17.2 Å². The summed E-state index contributed by atoms with van der Waals surface area (Å²) in [5.74, 6) is 1.42. The van der Waals surface area contributed by atoms with Gasteiger partial charge in [-0.3, -0.25) is 9.78 Å². The number of pyridine rings is 1. The molecule has 0 radical (unpaired) electrons. The van der Waals surface area contributed by atoms with E-state index in [0.29, 0.717) is 11.3 Å². The van der Waals surface area contributed by atoms with Crippen molar-refractivity contribution in [3.05, 3.63) is 65.9 Å². The summed E-state index contributed by atoms with van der Waals surface area (Å²) in [4.78, 5) is 15.3. The van der Waals surface area contributed by atoms with Gasteiger partial charge < -0.3 is 4.74 Å². The van der Waals surface area contributed by atoms with Gasteiger partial charge in [-0.05, 0) is 31.2 Å². The summed E-state index contributed by atoms with van der Waals surface area (Å²) in [5.41, 5.74) is 2.36. The predicted octanol–water partition coefficient (Wildman–Crippen LogP) is 4.15. The van der Waals surface area contributed by atoms with Crippen LogP contribution in [0.15, 0.2) is 54.7 Å².